The van der Waals surface area contributed by atoms with Crippen LogP contribution in [0.3, 0.4) is 0 Å². The zero-order valence-electron chi connectivity index (χ0n) is 15.3. The lowest BCUT2D eigenvalue weighted by Crippen LogP contribution is -2.34. The van der Waals surface area contributed by atoms with Crippen LogP contribution in [0.25, 0.3) is 0 Å². The van der Waals surface area contributed by atoms with Crippen molar-refractivity contribution in [2.45, 2.75) is 51.6 Å². The molecular weight excluding hydrogens is 300 g/mol. The Hall–Kier alpha value is -1.39. The third-order valence-corrected chi connectivity index (χ3v) is 4.77. The first-order valence-corrected chi connectivity index (χ1v) is 9.11. The van der Waals surface area contributed by atoms with Crippen LogP contribution in [0.4, 0.5) is 0 Å². The Morgan fingerprint density at radius 2 is 2.21 bits per heavy atom. The number of carbonyl (C=O) groups excluding carboxylic acids is 1. The summed E-state index contributed by atoms with van der Waals surface area (Å²) >= 11 is 0. The molecule has 1 aromatic rings. The van der Waals surface area contributed by atoms with E-state index in [2.05, 4.69) is 17.3 Å². The fourth-order valence-corrected chi connectivity index (χ4v) is 3.32. The molecule has 24 heavy (non-hydrogen) atoms. The van der Waals surface area contributed by atoms with Crippen LogP contribution in [0.5, 0.6) is 0 Å². The highest BCUT2D eigenvalue weighted by Crippen LogP contribution is 2.18. The van der Waals surface area contributed by atoms with E-state index < -0.39 is 5.60 Å². The van der Waals surface area contributed by atoms with Gasteiger partial charge in [-0.05, 0) is 83.2 Å². The molecule has 0 unspecified atom stereocenters. The molecule has 1 heterocycles. The molecule has 1 aliphatic rings. The Kier molecular flexibility index (Phi) is 6.81. The minimum atomic E-state index is -0.675. The molecule has 0 bridgehead atoms. The molecule has 0 spiro atoms. The molecule has 2 rings (SSSR count). The number of nitrogens with zero attached hydrogens (tertiary/aromatic N) is 1. The van der Waals surface area contributed by atoms with Gasteiger partial charge in [-0.3, -0.25) is 4.79 Å². The van der Waals surface area contributed by atoms with E-state index in [-0.39, 0.29) is 5.91 Å². The van der Waals surface area contributed by atoms with Crippen molar-refractivity contribution in [2.75, 3.05) is 26.7 Å². The number of hydrogen-bond acceptors (Lipinski definition) is 3. The highest BCUT2D eigenvalue weighted by molar-refractivity contribution is 5.94. The maximum atomic E-state index is 12.3. The molecule has 0 saturated carbocycles. The van der Waals surface area contributed by atoms with E-state index in [0.717, 1.165) is 31.5 Å². The summed E-state index contributed by atoms with van der Waals surface area (Å²) in [6, 6.07) is 7.73. The molecule has 0 aliphatic carbocycles. The predicted octanol–water partition coefficient (Wildman–Crippen LogP) is 2.85. The van der Waals surface area contributed by atoms with Crippen LogP contribution in [0.2, 0.25) is 0 Å². The molecule has 1 aliphatic heterocycles. The number of rotatable bonds is 7. The molecule has 1 atom stereocenters. The molecule has 0 radical (unpaired) electrons. The molecule has 1 saturated heterocycles. The Labute approximate surface area is 146 Å². The largest absolute Gasteiger partial charge is 0.390 e. The lowest BCUT2D eigenvalue weighted by atomic mass is 9.95. The molecular formula is C20H32N2O2. The van der Waals surface area contributed by atoms with Crippen LogP contribution < -0.4 is 5.32 Å². The number of aryl methyl sites for hydroxylation is 1. The van der Waals surface area contributed by atoms with Crippen LogP contribution in [0.1, 0.15) is 55.5 Å². The van der Waals surface area contributed by atoms with Gasteiger partial charge in [-0.15, -0.1) is 0 Å². The summed E-state index contributed by atoms with van der Waals surface area (Å²) in [5.41, 5.74) is 1.13. The minimum Gasteiger partial charge on any atom is -0.390 e. The second-order valence-electron chi connectivity index (χ2n) is 7.83. The van der Waals surface area contributed by atoms with Crippen molar-refractivity contribution in [1.82, 2.24) is 10.2 Å². The number of carbonyl (C=O) groups is 1. The molecule has 1 aromatic carbocycles. The van der Waals surface area contributed by atoms with Gasteiger partial charge in [0.05, 0.1) is 5.60 Å². The number of benzene rings is 1. The summed E-state index contributed by atoms with van der Waals surface area (Å²) in [6.45, 7) is 6.70. The van der Waals surface area contributed by atoms with Gasteiger partial charge in [-0.2, -0.15) is 0 Å². The zero-order valence-corrected chi connectivity index (χ0v) is 15.3. The normalized spacial score (nSPS) is 19.2. The standard InChI is InChI=1S/C20H32N2O2/c1-20(2,24)11-9-16-6-4-8-18(14-16)19(23)21-12-10-17-7-5-13-22(3)15-17/h4,6,8,14,17,24H,5,7,9-13,15H2,1-3H3,(H,21,23)/t17-/m1/s1. The van der Waals surface area contributed by atoms with E-state index in [4.69, 9.17) is 0 Å². The highest BCUT2D eigenvalue weighted by Gasteiger charge is 2.17. The Balaban J connectivity index is 1.79. The highest BCUT2D eigenvalue weighted by atomic mass is 16.3. The molecule has 1 fully saturated rings. The number of hydrogen-bond donors (Lipinski definition) is 2. The van der Waals surface area contributed by atoms with E-state index in [1.807, 2.05) is 38.1 Å². The average Bonchev–Trinajstić information content (AvgIpc) is 2.52. The van der Waals surface area contributed by atoms with Gasteiger partial charge in [0, 0.05) is 18.7 Å². The summed E-state index contributed by atoms with van der Waals surface area (Å²) in [4.78, 5) is 14.7. The summed E-state index contributed by atoms with van der Waals surface area (Å²) in [5, 5.41) is 12.9. The number of piperidine rings is 1. The second-order valence-corrected chi connectivity index (χ2v) is 7.83. The Bertz CT molecular complexity index is 537. The van der Waals surface area contributed by atoms with E-state index in [0.29, 0.717) is 17.9 Å². The van der Waals surface area contributed by atoms with Crippen molar-refractivity contribution in [3.63, 3.8) is 0 Å². The molecule has 0 aromatic heterocycles. The van der Waals surface area contributed by atoms with Crippen LogP contribution in [-0.2, 0) is 6.42 Å². The van der Waals surface area contributed by atoms with Gasteiger partial charge in [-0.25, -0.2) is 0 Å². The molecule has 2 N–H and O–H groups in total. The number of likely N-dealkylation sites (tertiary alicyclic amines) is 1. The van der Waals surface area contributed by atoms with Gasteiger partial charge >= 0.3 is 0 Å². The van der Waals surface area contributed by atoms with Gasteiger partial charge in [-0.1, -0.05) is 12.1 Å². The maximum Gasteiger partial charge on any atom is 0.251 e. The lowest BCUT2D eigenvalue weighted by molar-refractivity contribution is 0.0714. The van der Waals surface area contributed by atoms with Gasteiger partial charge < -0.3 is 15.3 Å². The van der Waals surface area contributed by atoms with Crippen molar-refractivity contribution in [2.24, 2.45) is 5.92 Å². The first-order valence-electron chi connectivity index (χ1n) is 9.11. The van der Waals surface area contributed by atoms with Crippen molar-refractivity contribution >= 4 is 5.91 Å². The third kappa shape index (κ3) is 6.62. The summed E-state index contributed by atoms with van der Waals surface area (Å²) in [7, 11) is 2.17. The van der Waals surface area contributed by atoms with Crippen molar-refractivity contribution in [3.05, 3.63) is 35.4 Å². The molecule has 134 valence electrons. The predicted molar refractivity (Wildman–Crippen MR) is 98.2 cm³/mol. The number of nitrogens with one attached hydrogen (secondary N) is 1. The van der Waals surface area contributed by atoms with Crippen molar-refractivity contribution in [1.29, 1.82) is 0 Å². The Morgan fingerprint density at radius 3 is 2.92 bits per heavy atom. The smallest absolute Gasteiger partial charge is 0.251 e. The molecule has 4 nitrogen and oxygen atoms in total. The monoisotopic (exact) mass is 332 g/mol. The summed E-state index contributed by atoms with van der Waals surface area (Å²) in [5.74, 6) is 0.700. The summed E-state index contributed by atoms with van der Waals surface area (Å²) < 4.78 is 0. The van der Waals surface area contributed by atoms with Gasteiger partial charge in [0.2, 0.25) is 0 Å². The third-order valence-electron chi connectivity index (χ3n) is 4.77. The topological polar surface area (TPSA) is 52.6 Å². The average molecular weight is 332 g/mol. The summed E-state index contributed by atoms with van der Waals surface area (Å²) in [6.07, 6.45) is 5.05. The fourth-order valence-electron chi connectivity index (χ4n) is 3.32. The van der Waals surface area contributed by atoms with E-state index in [9.17, 15) is 9.90 Å². The van der Waals surface area contributed by atoms with Crippen molar-refractivity contribution < 1.29 is 9.90 Å². The van der Waals surface area contributed by atoms with E-state index in [1.54, 1.807) is 0 Å². The molecule has 1 amide bonds. The van der Waals surface area contributed by atoms with Crippen LogP contribution >= 0.6 is 0 Å². The fraction of sp³-hybridized carbons (Fsp3) is 0.650. The van der Waals surface area contributed by atoms with Crippen LogP contribution in [0.15, 0.2) is 24.3 Å². The first kappa shape index (κ1) is 18.9. The van der Waals surface area contributed by atoms with E-state index >= 15 is 0 Å². The van der Waals surface area contributed by atoms with Gasteiger partial charge in [0.25, 0.3) is 5.91 Å². The lowest BCUT2D eigenvalue weighted by Gasteiger charge is -2.29. The van der Waals surface area contributed by atoms with Crippen molar-refractivity contribution in [3.8, 4) is 0 Å². The van der Waals surface area contributed by atoms with Gasteiger partial charge in [0.1, 0.15) is 0 Å². The van der Waals surface area contributed by atoms with Gasteiger partial charge in [0.15, 0.2) is 0 Å². The van der Waals surface area contributed by atoms with E-state index in [1.165, 1.54) is 19.4 Å². The second kappa shape index (κ2) is 8.63. The SMILES string of the molecule is CN1CCC[C@H](CCNC(=O)c2cccc(CCC(C)(C)O)c2)C1. The Morgan fingerprint density at radius 1 is 1.42 bits per heavy atom. The number of aliphatic hydroxyl groups is 1. The molecule has 4 heteroatoms. The zero-order chi connectivity index (χ0) is 17.6. The quantitative estimate of drug-likeness (QED) is 0.807. The minimum absolute atomic E-state index is 0.00396. The van der Waals surface area contributed by atoms with Crippen LogP contribution in [0, 0.1) is 5.92 Å². The maximum absolute atomic E-state index is 12.3. The first-order chi connectivity index (χ1) is 11.3. The number of amides is 1. The van der Waals surface area contributed by atoms with Crippen LogP contribution in [-0.4, -0.2) is 48.2 Å².